The van der Waals surface area contributed by atoms with E-state index < -0.39 is 12.1 Å². The monoisotopic (exact) mass is 430 g/mol. The van der Waals surface area contributed by atoms with Gasteiger partial charge in [-0.05, 0) is 47.9 Å². The van der Waals surface area contributed by atoms with E-state index in [9.17, 15) is 9.59 Å². The molecule has 1 atom stereocenters. The van der Waals surface area contributed by atoms with Gasteiger partial charge in [0.25, 0.3) is 0 Å². The molecule has 0 saturated carbocycles. The Hall–Kier alpha value is -4.00. The predicted molar refractivity (Wildman–Crippen MR) is 124 cm³/mol. The van der Waals surface area contributed by atoms with Gasteiger partial charge in [-0.25, -0.2) is 4.79 Å². The molecule has 32 heavy (non-hydrogen) atoms. The minimum absolute atomic E-state index is 0.127. The molecule has 0 aliphatic carbocycles. The number of alkyl carbamates (subject to hydrolysis) is 1. The maximum Gasteiger partial charge on any atom is 0.408 e. The molecule has 0 radical (unpaired) electrons. The number of carbonyl (C=O) groups is 2. The van der Waals surface area contributed by atoms with Gasteiger partial charge in [-0.15, -0.1) is 0 Å². The van der Waals surface area contributed by atoms with Crippen LogP contribution in [0.25, 0.3) is 0 Å². The lowest BCUT2D eigenvalue weighted by Gasteiger charge is -2.21. The lowest BCUT2D eigenvalue weighted by atomic mass is 10.0. The van der Waals surface area contributed by atoms with Crippen LogP contribution < -0.4 is 10.6 Å². The molecule has 164 valence electrons. The Morgan fingerprint density at radius 2 is 1.38 bits per heavy atom. The lowest BCUT2D eigenvalue weighted by molar-refractivity contribution is -0.119. The zero-order chi connectivity index (χ0) is 22.8. The van der Waals surface area contributed by atoms with Gasteiger partial charge in [-0.3, -0.25) is 4.79 Å². The summed E-state index contributed by atoms with van der Waals surface area (Å²) in [5.74, 6) is -0.450. The average molecular weight is 431 g/mol. The third-order valence-corrected chi connectivity index (χ3v) is 4.61. The van der Waals surface area contributed by atoms with Crippen LogP contribution in [-0.4, -0.2) is 18.0 Å². The molecule has 3 aromatic rings. The summed E-state index contributed by atoms with van der Waals surface area (Å²) in [5, 5.41) is 13.8. The van der Waals surface area contributed by atoms with Crippen LogP contribution in [0.5, 0.6) is 0 Å². The summed E-state index contributed by atoms with van der Waals surface area (Å²) < 4.78 is 5.24. The fourth-order valence-electron chi connectivity index (χ4n) is 2.87. The van der Waals surface area contributed by atoms with Crippen LogP contribution >= 0.6 is 0 Å². The number of carbonyl (C=O) groups excluding carboxylic acids is 2. The third-order valence-electron chi connectivity index (χ3n) is 4.61. The number of azo groups is 1. The molecule has 0 spiro atoms. The van der Waals surface area contributed by atoms with Crippen molar-refractivity contribution < 1.29 is 14.3 Å². The number of rotatable bonds is 8. The molecule has 3 aromatic carbocycles. The molecule has 7 heteroatoms. The topological polar surface area (TPSA) is 92.1 Å². The molecule has 0 aliphatic heterocycles. The number of amides is 2. The molecule has 0 aromatic heterocycles. The molecule has 2 amide bonds. The summed E-state index contributed by atoms with van der Waals surface area (Å²) in [6.45, 7) is 3.85. The predicted octanol–water partition coefficient (Wildman–Crippen LogP) is 5.99. The van der Waals surface area contributed by atoms with Gasteiger partial charge in [0.1, 0.15) is 12.6 Å². The molecule has 3 rings (SSSR count). The summed E-state index contributed by atoms with van der Waals surface area (Å²) >= 11 is 0. The number of nitrogens with one attached hydrogen (secondary N) is 2. The quantitative estimate of drug-likeness (QED) is 0.430. The first-order valence-electron chi connectivity index (χ1n) is 10.4. The molecule has 7 nitrogen and oxygen atoms in total. The van der Waals surface area contributed by atoms with Gasteiger partial charge in [0.05, 0.1) is 11.4 Å². The Morgan fingerprint density at radius 3 is 1.97 bits per heavy atom. The van der Waals surface area contributed by atoms with E-state index in [1.54, 1.807) is 24.3 Å². The van der Waals surface area contributed by atoms with Crippen LogP contribution in [0, 0.1) is 5.92 Å². The maximum absolute atomic E-state index is 12.7. The fraction of sp³-hybridized carbons (Fsp3) is 0.200. The number of hydrogen-bond acceptors (Lipinski definition) is 5. The Bertz CT molecular complexity index is 1040. The average Bonchev–Trinajstić information content (AvgIpc) is 2.82. The highest BCUT2D eigenvalue weighted by Gasteiger charge is 2.25. The number of ether oxygens (including phenoxy) is 1. The second-order valence-corrected chi connectivity index (χ2v) is 7.50. The molecule has 0 unspecified atom stereocenters. The van der Waals surface area contributed by atoms with Crippen LogP contribution in [0.15, 0.2) is 95.2 Å². The van der Waals surface area contributed by atoms with Crippen molar-refractivity contribution in [3.63, 3.8) is 0 Å². The van der Waals surface area contributed by atoms with E-state index in [0.717, 1.165) is 11.3 Å². The standard InChI is InChI=1S/C25H26N4O3/c1-18(2)23(27-25(31)32-17-19-9-5-3-6-10-19)24(30)26-20-13-15-22(16-14-20)29-28-21-11-7-4-8-12-21/h3-16,18,23H,17H2,1-2H3,(H,26,30)(H,27,31)/t23-/m0/s1. The van der Waals surface area contributed by atoms with Crippen molar-refractivity contribution in [1.82, 2.24) is 5.32 Å². The van der Waals surface area contributed by atoms with E-state index in [4.69, 9.17) is 4.74 Å². The smallest absolute Gasteiger partial charge is 0.408 e. The minimum Gasteiger partial charge on any atom is -0.445 e. The van der Waals surface area contributed by atoms with Crippen LogP contribution in [0.1, 0.15) is 19.4 Å². The van der Waals surface area contributed by atoms with E-state index in [0.29, 0.717) is 11.4 Å². The molecule has 0 bridgehead atoms. The molecule has 0 heterocycles. The normalized spacial score (nSPS) is 11.8. The van der Waals surface area contributed by atoms with Gasteiger partial charge in [0.2, 0.25) is 5.91 Å². The Kier molecular flexibility index (Phi) is 8.09. The van der Waals surface area contributed by atoms with Crippen molar-refractivity contribution in [2.24, 2.45) is 16.1 Å². The van der Waals surface area contributed by atoms with Gasteiger partial charge < -0.3 is 15.4 Å². The fourth-order valence-corrected chi connectivity index (χ4v) is 2.87. The minimum atomic E-state index is -0.740. The van der Waals surface area contributed by atoms with Crippen LogP contribution in [0.4, 0.5) is 21.9 Å². The summed E-state index contributed by atoms with van der Waals surface area (Å²) in [6.07, 6.45) is -0.639. The maximum atomic E-state index is 12.7. The summed E-state index contributed by atoms with van der Waals surface area (Å²) in [7, 11) is 0. The van der Waals surface area contributed by atoms with E-state index in [1.807, 2.05) is 74.5 Å². The van der Waals surface area contributed by atoms with Crippen molar-refractivity contribution in [2.45, 2.75) is 26.5 Å². The second-order valence-electron chi connectivity index (χ2n) is 7.50. The summed E-state index contributed by atoms with van der Waals surface area (Å²) in [6, 6.07) is 25.0. The zero-order valence-corrected chi connectivity index (χ0v) is 18.1. The number of nitrogens with zero attached hydrogens (tertiary/aromatic N) is 2. The van der Waals surface area contributed by atoms with E-state index >= 15 is 0 Å². The van der Waals surface area contributed by atoms with Crippen molar-refractivity contribution >= 4 is 29.1 Å². The van der Waals surface area contributed by atoms with Gasteiger partial charge in [-0.1, -0.05) is 62.4 Å². The lowest BCUT2D eigenvalue weighted by Crippen LogP contribution is -2.47. The van der Waals surface area contributed by atoms with Gasteiger partial charge in [0, 0.05) is 5.69 Å². The van der Waals surface area contributed by atoms with E-state index in [2.05, 4.69) is 20.9 Å². The highest BCUT2D eigenvalue weighted by atomic mass is 16.5. The van der Waals surface area contributed by atoms with Gasteiger partial charge in [0.15, 0.2) is 0 Å². The molecular formula is C25H26N4O3. The second kappa shape index (κ2) is 11.4. The summed E-state index contributed by atoms with van der Waals surface area (Å²) in [4.78, 5) is 24.9. The highest BCUT2D eigenvalue weighted by molar-refractivity contribution is 5.96. The first kappa shape index (κ1) is 22.7. The van der Waals surface area contributed by atoms with E-state index in [1.165, 1.54) is 0 Å². The molecule has 0 fully saturated rings. The number of anilines is 1. The van der Waals surface area contributed by atoms with Gasteiger partial charge >= 0.3 is 6.09 Å². The molecule has 0 saturated heterocycles. The van der Waals surface area contributed by atoms with E-state index in [-0.39, 0.29) is 18.4 Å². The third kappa shape index (κ3) is 7.05. The first-order valence-corrected chi connectivity index (χ1v) is 10.4. The van der Waals surface area contributed by atoms with Crippen molar-refractivity contribution in [3.05, 3.63) is 90.5 Å². The first-order chi connectivity index (χ1) is 15.5. The number of hydrogen-bond donors (Lipinski definition) is 2. The highest BCUT2D eigenvalue weighted by Crippen LogP contribution is 2.20. The summed E-state index contributed by atoms with van der Waals surface area (Å²) in [5.41, 5.74) is 2.89. The van der Waals surface area contributed by atoms with Crippen LogP contribution in [0.2, 0.25) is 0 Å². The Labute approximate surface area is 187 Å². The number of benzene rings is 3. The SMILES string of the molecule is CC(C)[C@H](NC(=O)OCc1ccccc1)C(=O)Nc1ccc(N=Nc2ccccc2)cc1. The Morgan fingerprint density at radius 1 is 0.812 bits per heavy atom. The molecular weight excluding hydrogens is 404 g/mol. The van der Waals surface area contributed by atoms with Crippen molar-refractivity contribution in [3.8, 4) is 0 Å². The molecule has 2 N–H and O–H groups in total. The largest absolute Gasteiger partial charge is 0.445 e. The molecule has 0 aliphatic rings. The van der Waals surface area contributed by atoms with Gasteiger partial charge in [-0.2, -0.15) is 10.2 Å². The Balaban J connectivity index is 1.54. The van der Waals surface area contributed by atoms with Crippen LogP contribution in [-0.2, 0) is 16.1 Å². The zero-order valence-electron chi connectivity index (χ0n) is 18.1. The van der Waals surface area contributed by atoms with Crippen LogP contribution in [0.3, 0.4) is 0 Å². The van der Waals surface area contributed by atoms with Crippen molar-refractivity contribution in [2.75, 3.05) is 5.32 Å². The van der Waals surface area contributed by atoms with Crippen molar-refractivity contribution in [1.29, 1.82) is 0 Å².